The monoisotopic (exact) mass is 385 g/mol. The molecule has 7 heteroatoms. The van der Waals surface area contributed by atoms with Crippen molar-refractivity contribution in [3.8, 4) is 6.07 Å². The molecule has 1 atom stereocenters. The van der Waals surface area contributed by atoms with Crippen molar-refractivity contribution in [3.05, 3.63) is 90.0 Å². The van der Waals surface area contributed by atoms with Gasteiger partial charge in [-0.15, -0.1) is 0 Å². The molecule has 0 fully saturated rings. The molecule has 29 heavy (non-hydrogen) atoms. The highest BCUT2D eigenvalue weighted by atomic mass is 16.7. The van der Waals surface area contributed by atoms with E-state index in [1.54, 1.807) is 30.7 Å². The van der Waals surface area contributed by atoms with Crippen molar-refractivity contribution in [2.45, 2.75) is 12.5 Å². The third-order valence-electron chi connectivity index (χ3n) is 4.37. The van der Waals surface area contributed by atoms with Crippen molar-refractivity contribution in [1.82, 2.24) is 9.97 Å². The standard InChI is InChI=1S/C22H19N5O2/c23-13-17-6-8-18(9-7-17)25-22-24-11-10-21(27-22)26-19(20-14-28-15-29-20)12-16-4-2-1-3-5-16/h1-11,14,19H,12,15H2,(H2,24,25,26,27). The van der Waals surface area contributed by atoms with Gasteiger partial charge < -0.3 is 20.1 Å². The molecule has 1 aliphatic rings. The Balaban J connectivity index is 1.50. The smallest absolute Gasteiger partial charge is 0.229 e. The maximum atomic E-state index is 8.91. The minimum Gasteiger partial charge on any atom is -0.462 e. The van der Waals surface area contributed by atoms with Gasteiger partial charge in [-0.25, -0.2) is 4.98 Å². The fraction of sp³-hybridized carbons (Fsp3) is 0.136. The summed E-state index contributed by atoms with van der Waals surface area (Å²) >= 11 is 0. The van der Waals surface area contributed by atoms with E-state index >= 15 is 0 Å². The van der Waals surface area contributed by atoms with E-state index in [1.807, 2.05) is 30.3 Å². The van der Waals surface area contributed by atoms with Crippen LogP contribution in [-0.2, 0) is 15.9 Å². The van der Waals surface area contributed by atoms with Crippen LogP contribution in [0.1, 0.15) is 11.1 Å². The van der Waals surface area contributed by atoms with Crippen molar-refractivity contribution in [2.75, 3.05) is 17.4 Å². The number of nitrogens with one attached hydrogen (secondary N) is 2. The van der Waals surface area contributed by atoms with Crippen molar-refractivity contribution >= 4 is 17.5 Å². The number of nitriles is 1. The lowest BCUT2D eigenvalue weighted by molar-refractivity contribution is 0.0764. The van der Waals surface area contributed by atoms with Crippen molar-refractivity contribution in [2.24, 2.45) is 0 Å². The molecule has 4 rings (SSSR count). The fourth-order valence-electron chi connectivity index (χ4n) is 2.94. The molecule has 2 N–H and O–H groups in total. The molecular formula is C22H19N5O2. The Labute approximate surface area is 168 Å². The van der Waals surface area contributed by atoms with E-state index < -0.39 is 0 Å². The molecule has 2 aromatic carbocycles. The lowest BCUT2D eigenvalue weighted by Gasteiger charge is -2.19. The molecule has 0 spiro atoms. The molecular weight excluding hydrogens is 366 g/mol. The van der Waals surface area contributed by atoms with Gasteiger partial charge in [0.2, 0.25) is 12.7 Å². The van der Waals surface area contributed by atoms with Crippen LogP contribution in [0.2, 0.25) is 0 Å². The van der Waals surface area contributed by atoms with Gasteiger partial charge in [0.1, 0.15) is 12.1 Å². The van der Waals surface area contributed by atoms with Crippen molar-refractivity contribution < 1.29 is 9.47 Å². The summed E-state index contributed by atoms with van der Waals surface area (Å²) in [7, 11) is 0. The molecule has 0 aliphatic carbocycles. The summed E-state index contributed by atoms with van der Waals surface area (Å²) in [4.78, 5) is 8.81. The van der Waals surface area contributed by atoms with E-state index in [0.717, 1.165) is 17.9 Å². The first-order chi connectivity index (χ1) is 14.3. The Morgan fingerprint density at radius 2 is 1.90 bits per heavy atom. The van der Waals surface area contributed by atoms with E-state index in [4.69, 9.17) is 14.7 Å². The lowest BCUT2D eigenvalue weighted by Crippen LogP contribution is -2.26. The van der Waals surface area contributed by atoms with Gasteiger partial charge in [0.05, 0.1) is 17.7 Å². The van der Waals surface area contributed by atoms with Crippen LogP contribution in [0, 0.1) is 11.3 Å². The van der Waals surface area contributed by atoms with Gasteiger partial charge in [0.15, 0.2) is 5.76 Å². The Morgan fingerprint density at radius 1 is 1.07 bits per heavy atom. The molecule has 0 saturated heterocycles. The van der Waals surface area contributed by atoms with E-state index in [9.17, 15) is 0 Å². The van der Waals surface area contributed by atoms with Crippen LogP contribution in [0.4, 0.5) is 17.5 Å². The third-order valence-corrected chi connectivity index (χ3v) is 4.37. The zero-order valence-electron chi connectivity index (χ0n) is 15.6. The lowest BCUT2D eigenvalue weighted by atomic mass is 10.0. The maximum absolute atomic E-state index is 8.91. The van der Waals surface area contributed by atoms with Crippen LogP contribution >= 0.6 is 0 Å². The summed E-state index contributed by atoms with van der Waals surface area (Å²) in [5.41, 5.74) is 2.58. The van der Waals surface area contributed by atoms with Crippen LogP contribution in [0.5, 0.6) is 0 Å². The van der Waals surface area contributed by atoms with Crippen LogP contribution in [0.25, 0.3) is 0 Å². The van der Waals surface area contributed by atoms with E-state index in [0.29, 0.717) is 17.3 Å². The van der Waals surface area contributed by atoms with E-state index in [1.165, 1.54) is 5.56 Å². The summed E-state index contributed by atoms with van der Waals surface area (Å²) in [5.74, 6) is 1.85. The van der Waals surface area contributed by atoms with Gasteiger partial charge in [-0.3, -0.25) is 0 Å². The van der Waals surface area contributed by atoms with Crippen LogP contribution in [0.3, 0.4) is 0 Å². The zero-order valence-corrected chi connectivity index (χ0v) is 15.6. The highest BCUT2D eigenvalue weighted by Gasteiger charge is 2.21. The first-order valence-corrected chi connectivity index (χ1v) is 9.15. The first-order valence-electron chi connectivity index (χ1n) is 9.15. The molecule has 7 nitrogen and oxygen atoms in total. The molecule has 3 aromatic rings. The molecule has 2 heterocycles. The molecule has 1 aliphatic heterocycles. The van der Waals surface area contributed by atoms with Crippen molar-refractivity contribution in [3.63, 3.8) is 0 Å². The number of nitrogens with zero attached hydrogens (tertiary/aromatic N) is 3. The van der Waals surface area contributed by atoms with Gasteiger partial charge in [0.25, 0.3) is 0 Å². The molecule has 1 unspecified atom stereocenters. The minimum absolute atomic E-state index is 0.127. The Kier molecular flexibility index (Phi) is 5.53. The second kappa shape index (κ2) is 8.76. The molecule has 144 valence electrons. The number of anilines is 3. The normalized spacial score (nSPS) is 13.4. The summed E-state index contributed by atoms with van der Waals surface area (Å²) in [6, 6.07) is 21.0. The summed E-state index contributed by atoms with van der Waals surface area (Å²) in [5, 5.41) is 15.5. The van der Waals surface area contributed by atoms with Gasteiger partial charge in [-0.1, -0.05) is 30.3 Å². The van der Waals surface area contributed by atoms with Crippen LogP contribution in [-0.4, -0.2) is 22.8 Å². The summed E-state index contributed by atoms with van der Waals surface area (Å²) in [6.45, 7) is 0.220. The molecule has 0 saturated carbocycles. The third kappa shape index (κ3) is 4.82. The molecule has 1 aromatic heterocycles. The van der Waals surface area contributed by atoms with E-state index in [-0.39, 0.29) is 12.8 Å². The summed E-state index contributed by atoms with van der Waals surface area (Å²) < 4.78 is 10.8. The number of benzene rings is 2. The zero-order chi connectivity index (χ0) is 19.9. The topological polar surface area (TPSA) is 92.1 Å². The maximum Gasteiger partial charge on any atom is 0.229 e. The molecule has 0 bridgehead atoms. The number of hydrogen-bond acceptors (Lipinski definition) is 7. The largest absolute Gasteiger partial charge is 0.462 e. The SMILES string of the molecule is N#Cc1ccc(Nc2nccc(NC(Cc3ccccc3)C3=COCO3)n2)cc1. The van der Waals surface area contributed by atoms with Gasteiger partial charge >= 0.3 is 0 Å². The molecule has 0 radical (unpaired) electrons. The van der Waals surface area contributed by atoms with Gasteiger partial charge in [-0.05, 0) is 42.3 Å². The first kappa shape index (κ1) is 18.3. The van der Waals surface area contributed by atoms with Gasteiger partial charge in [0, 0.05) is 11.9 Å². The number of rotatable bonds is 7. The average molecular weight is 385 g/mol. The number of ether oxygens (including phenoxy) is 2. The molecule has 0 amide bonds. The highest BCUT2D eigenvalue weighted by molar-refractivity contribution is 5.56. The summed E-state index contributed by atoms with van der Waals surface area (Å²) in [6.07, 6.45) is 4.04. The second-order valence-electron chi connectivity index (χ2n) is 6.42. The predicted octanol–water partition coefficient (Wildman–Crippen LogP) is 3.96. The second-order valence-corrected chi connectivity index (χ2v) is 6.42. The highest BCUT2D eigenvalue weighted by Crippen LogP contribution is 2.21. The quantitative estimate of drug-likeness (QED) is 0.636. The predicted molar refractivity (Wildman–Crippen MR) is 109 cm³/mol. The average Bonchev–Trinajstić information content (AvgIpc) is 3.30. The minimum atomic E-state index is -0.127. The van der Waals surface area contributed by atoms with Crippen LogP contribution < -0.4 is 10.6 Å². The Morgan fingerprint density at radius 3 is 2.62 bits per heavy atom. The number of hydrogen-bond donors (Lipinski definition) is 2. The van der Waals surface area contributed by atoms with E-state index in [2.05, 4.69) is 38.8 Å². The number of aromatic nitrogens is 2. The van der Waals surface area contributed by atoms with Gasteiger partial charge in [-0.2, -0.15) is 10.2 Å². The van der Waals surface area contributed by atoms with Crippen molar-refractivity contribution in [1.29, 1.82) is 5.26 Å². The fourth-order valence-corrected chi connectivity index (χ4v) is 2.94. The Hall–Kier alpha value is -4.05. The Bertz CT molecular complexity index is 1030. The van der Waals surface area contributed by atoms with Crippen LogP contribution in [0.15, 0.2) is 78.9 Å².